The van der Waals surface area contributed by atoms with Crippen LogP contribution in [0.15, 0.2) is 30.3 Å². The van der Waals surface area contributed by atoms with Crippen LogP contribution < -0.4 is 0 Å². The molecule has 0 unspecified atom stereocenters. The summed E-state index contributed by atoms with van der Waals surface area (Å²) in [6.45, 7) is 6.13. The number of hydrogen-bond donors (Lipinski definition) is 0. The highest BCUT2D eigenvalue weighted by atomic mass is 16.7. The Labute approximate surface area is 90.0 Å². The minimum absolute atomic E-state index is 0.743. The molecule has 0 atom stereocenters. The lowest BCUT2D eigenvalue weighted by atomic mass is 10.5. The molecule has 0 spiro atoms. The average molecular weight is 225 g/mol. The maximum Gasteiger partial charge on any atom is 0.338 e. The van der Waals surface area contributed by atoms with Gasteiger partial charge in [-0.25, -0.2) is 14.4 Å². The van der Waals surface area contributed by atoms with Crippen molar-refractivity contribution in [1.29, 1.82) is 0 Å². The first-order valence-corrected chi connectivity index (χ1v) is 3.83. The molecular weight excluding hydrogens is 218 g/mol. The lowest BCUT2D eigenvalue weighted by Gasteiger charge is -2.11. The molecule has 0 aliphatic carbocycles. The SMILES string of the molecule is C=CC(=O)OC(OC(=O)C=C)C(=O)N=C=O. The second-order valence-corrected chi connectivity index (χ2v) is 2.16. The molecule has 7 heteroatoms. The Kier molecular flexibility index (Phi) is 5.77. The van der Waals surface area contributed by atoms with Crippen LogP contribution in [-0.4, -0.2) is 30.2 Å². The van der Waals surface area contributed by atoms with Crippen molar-refractivity contribution in [2.45, 2.75) is 6.29 Å². The second-order valence-electron chi connectivity index (χ2n) is 2.16. The van der Waals surface area contributed by atoms with Crippen molar-refractivity contribution in [2.24, 2.45) is 4.99 Å². The molecule has 0 N–H and O–H groups in total. The summed E-state index contributed by atoms with van der Waals surface area (Å²) in [7, 11) is 0. The predicted molar refractivity (Wildman–Crippen MR) is 49.5 cm³/mol. The first-order chi connectivity index (χ1) is 7.54. The molecule has 0 saturated carbocycles. The van der Waals surface area contributed by atoms with Gasteiger partial charge in [0.25, 0.3) is 0 Å². The normalized spacial score (nSPS) is 8.56. The van der Waals surface area contributed by atoms with E-state index in [4.69, 9.17) is 0 Å². The molecule has 0 aliphatic heterocycles. The minimum atomic E-state index is -1.95. The molecule has 16 heavy (non-hydrogen) atoms. The van der Waals surface area contributed by atoms with E-state index in [1.165, 1.54) is 0 Å². The van der Waals surface area contributed by atoms with Crippen LogP contribution in [0.2, 0.25) is 0 Å². The quantitative estimate of drug-likeness (QED) is 0.208. The first kappa shape index (κ1) is 13.5. The lowest BCUT2D eigenvalue weighted by molar-refractivity contribution is -0.185. The summed E-state index contributed by atoms with van der Waals surface area (Å²) in [5, 5.41) is 0. The number of ether oxygens (including phenoxy) is 2. The van der Waals surface area contributed by atoms with Gasteiger partial charge in [0.15, 0.2) is 0 Å². The van der Waals surface area contributed by atoms with Crippen LogP contribution in [-0.2, 0) is 28.7 Å². The summed E-state index contributed by atoms with van der Waals surface area (Å²) in [6.07, 6.45) is 0.460. The maximum atomic E-state index is 11.0. The Balaban J connectivity index is 4.74. The Morgan fingerprint density at radius 3 is 1.88 bits per heavy atom. The van der Waals surface area contributed by atoms with E-state index >= 15 is 0 Å². The van der Waals surface area contributed by atoms with Gasteiger partial charge in [0.2, 0.25) is 6.08 Å². The Bertz CT molecular complexity index is 357. The van der Waals surface area contributed by atoms with Crippen LogP contribution in [0.25, 0.3) is 0 Å². The molecule has 0 rings (SSSR count). The van der Waals surface area contributed by atoms with E-state index in [0.29, 0.717) is 0 Å². The summed E-state index contributed by atoms with van der Waals surface area (Å²) in [4.78, 5) is 44.9. The van der Waals surface area contributed by atoms with Gasteiger partial charge in [0.1, 0.15) is 0 Å². The second kappa shape index (κ2) is 6.86. The summed E-state index contributed by atoms with van der Waals surface area (Å²) < 4.78 is 8.63. The number of isocyanates is 1. The molecular formula is C9H7NO6. The fraction of sp³-hybridized carbons (Fsp3) is 0.111. The van der Waals surface area contributed by atoms with Gasteiger partial charge in [-0.1, -0.05) is 13.2 Å². The number of amides is 1. The smallest absolute Gasteiger partial charge is 0.338 e. The van der Waals surface area contributed by atoms with Crippen molar-refractivity contribution in [3.8, 4) is 0 Å². The van der Waals surface area contributed by atoms with E-state index in [2.05, 4.69) is 27.6 Å². The van der Waals surface area contributed by atoms with Crippen molar-refractivity contribution >= 4 is 23.9 Å². The summed E-state index contributed by atoms with van der Waals surface area (Å²) in [5.41, 5.74) is 0. The molecule has 7 nitrogen and oxygen atoms in total. The topological polar surface area (TPSA) is 99.1 Å². The van der Waals surface area contributed by atoms with Gasteiger partial charge in [-0.3, -0.25) is 4.79 Å². The Hall–Kier alpha value is -2.53. The highest BCUT2D eigenvalue weighted by Crippen LogP contribution is 2.00. The van der Waals surface area contributed by atoms with Gasteiger partial charge in [0.05, 0.1) is 0 Å². The molecule has 1 amide bonds. The monoisotopic (exact) mass is 225 g/mol. The van der Waals surface area contributed by atoms with Crippen LogP contribution in [0, 0.1) is 0 Å². The number of esters is 2. The molecule has 84 valence electrons. The molecule has 0 aliphatic rings. The zero-order valence-electron chi connectivity index (χ0n) is 8.04. The molecule has 0 saturated heterocycles. The lowest BCUT2D eigenvalue weighted by Crippen LogP contribution is -2.30. The third-order valence-electron chi connectivity index (χ3n) is 1.14. The fourth-order valence-corrected chi connectivity index (χ4v) is 0.530. The fourth-order valence-electron chi connectivity index (χ4n) is 0.530. The van der Waals surface area contributed by atoms with Gasteiger partial charge in [-0.05, 0) is 0 Å². The van der Waals surface area contributed by atoms with Crippen molar-refractivity contribution in [2.75, 3.05) is 0 Å². The van der Waals surface area contributed by atoms with Gasteiger partial charge in [-0.15, -0.1) is 4.99 Å². The van der Waals surface area contributed by atoms with Gasteiger partial charge < -0.3 is 9.47 Å². The zero-order valence-corrected chi connectivity index (χ0v) is 8.04. The molecule has 0 bridgehead atoms. The molecule has 0 aromatic rings. The number of carbonyl (C=O) groups is 3. The third kappa shape index (κ3) is 4.64. The van der Waals surface area contributed by atoms with Gasteiger partial charge in [0, 0.05) is 12.2 Å². The number of nitrogens with zero attached hydrogens (tertiary/aromatic N) is 1. The zero-order chi connectivity index (χ0) is 12.6. The number of aliphatic imine (C=N–C) groups is 1. The van der Waals surface area contributed by atoms with E-state index in [0.717, 1.165) is 18.2 Å². The van der Waals surface area contributed by atoms with Crippen molar-refractivity contribution in [3.63, 3.8) is 0 Å². The highest BCUT2D eigenvalue weighted by molar-refractivity contribution is 5.91. The molecule has 0 heterocycles. The van der Waals surface area contributed by atoms with Crippen LogP contribution in [0.1, 0.15) is 0 Å². The standard InChI is InChI=1S/C9H7NO6/c1-3-6(12)15-9(8(14)10-5-11)16-7(13)4-2/h3-4,9H,1-2H2. The summed E-state index contributed by atoms with van der Waals surface area (Å²) in [5.74, 6) is -3.31. The third-order valence-corrected chi connectivity index (χ3v) is 1.14. The van der Waals surface area contributed by atoms with Crippen LogP contribution >= 0.6 is 0 Å². The number of hydrogen-bond acceptors (Lipinski definition) is 6. The first-order valence-electron chi connectivity index (χ1n) is 3.83. The van der Waals surface area contributed by atoms with Gasteiger partial charge in [-0.2, -0.15) is 0 Å². The summed E-state index contributed by atoms with van der Waals surface area (Å²) >= 11 is 0. The van der Waals surface area contributed by atoms with Crippen molar-refractivity contribution < 1.29 is 28.7 Å². The largest absolute Gasteiger partial charge is 0.412 e. The van der Waals surface area contributed by atoms with E-state index in [1.807, 2.05) is 0 Å². The van der Waals surface area contributed by atoms with E-state index in [9.17, 15) is 19.2 Å². The number of carbonyl (C=O) groups excluding carboxylic acids is 4. The maximum absolute atomic E-state index is 11.0. The van der Waals surface area contributed by atoms with Crippen LogP contribution in [0.5, 0.6) is 0 Å². The molecule has 0 fully saturated rings. The highest BCUT2D eigenvalue weighted by Gasteiger charge is 2.25. The Morgan fingerprint density at radius 1 is 1.12 bits per heavy atom. The summed E-state index contributed by atoms with van der Waals surface area (Å²) in [6, 6.07) is 0. The van der Waals surface area contributed by atoms with E-state index in [-0.39, 0.29) is 0 Å². The van der Waals surface area contributed by atoms with E-state index < -0.39 is 24.1 Å². The minimum Gasteiger partial charge on any atom is -0.412 e. The predicted octanol–water partition coefficient (Wildman–Crippen LogP) is -0.367. The van der Waals surface area contributed by atoms with Crippen LogP contribution in [0.3, 0.4) is 0 Å². The molecule has 0 aromatic carbocycles. The average Bonchev–Trinajstić information content (AvgIpc) is 2.27. The Morgan fingerprint density at radius 2 is 1.56 bits per heavy atom. The number of rotatable bonds is 5. The van der Waals surface area contributed by atoms with Crippen molar-refractivity contribution in [3.05, 3.63) is 25.3 Å². The molecule has 0 aromatic heterocycles. The van der Waals surface area contributed by atoms with E-state index in [1.54, 1.807) is 0 Å². The van der Waals surface area contributed by atoms with Crippen molar-refractivity contribution in [1.82, 2.24) is 0 Å². The van der Waals surface area contributed by atoms with Gasteiger partial charge >= 0.3 is 24.1 Å². The molecule has 0 radical (unpaired) electrons. The van der Waals surface area contributed by atoms with Crippen LogP contribution in [0.4, 0.5) is 0 Å².